The number of hydrogen-bond donors (Lipinski definition) is 0. The number of halogens is 1. The van der Waals surface area contributed by atoms with E-state index in [1.807, 2.05) is 43.3 Å². The molecule has 0 bridgehead atoms. The fourth-order valence-electron chi connectivity index (χ4n) is 3.98. The van der Waals surface area contributed by atoms with Gasteiger partial charge in [-0.15, -0.1) is 0 Å². The lowest BCUT2D eigenvalue weighted by molar-refractivity contribution is 0.0633. The largest absolute Gasteiger partial charge is 0.445 e. The van der Waals surface area contributed by atoms with Gasteiger partial charge in [0.25, 0.3) is 0 Å². The van der Waals surface area contributed by atoms with Gasteiger partial charge in [0.15, 0.2) is 0 Å². The zero-order valence-electron chi connectivity index (χ0n) is 15.8. The van der Waals surface area contributed by atoms with Crippen molar-refractivity contribution in [1.29, 1.82) is 0 Å². The molecule has 2 heterocycles. The van der Waals surface area contributed by atoms with Crippen molar-refractivity contribution in [3.63, 3.8) is 0 Å². The molecule has 0 unspecified atom stereocenters. The molecule has 2 aliphatic rings. The summed E-state index contributed by atoms with van der Waals surface area (Å²) >= 11 is 1.58. The lowest BCUT2D eigenvalue weighted by atomic mass is 9.83. The smallest absolute Gasteiger partial charge is 0.410 e. The second-order valence-corrected chi connectivity index (χ2v) is 8.17. The average Bonchev–Trinajstić information content (AvgIpc) is 3.09. The fraction of sp³-hybridized carbons (Fsp3) is 0.318. The van der Waals surface area contributed by atoms with Crippen molar-refractivity contribution < 1.29 is 13.9 Å². The van der Waals surface area contributed by atoms with E-state index < -0.39 is 0 Å². The number of benzene rings is 2. The SMILES string of the molecule is C[C@H]1C[C@@]2(C=CSN2c2cccc(F)c2)CCN1C(=O)OCc1ccccc1. The van der Waals surface area contributed by atoms with Gasteiger partial charge >= 0.3 is 6.09 Å². The van der Waals surface area contributed by atoms with Crippen molar-refractivity contribution in [1.82, 2.24) is 4.90 Å². The molecule has 4 nitrogen and oxygen atoms in total. The quantitative estimate of drug-likeness (QED) is 0.651. The summed E-state index contributed by atoms with van der Waals surface area (Å²) in [5.41, 5.74) is 1.61. The van der Waals surface area contributed by atoms with E-state index in [0.717, 1.165) is 24.1 Å². The van der Waals surface area contributed by atoms with E-state index in [4.69, 9.17) is 4.74 Å². The van der Waals surface area contributed by atoms with Crippen LogP contribution in [0.1, 0.15) is 25.3 Å². The third kappa shape index (κ3) is 3.74. The monoisotopic (exact) mass is 398 g/mol. The number of carbonyl (C=O) groups is 1. The highest BCUT2D eigenvalue weighted by atomic mass is 32.2. The van der Waals surface area contributed by atoms with Crippen molar-refractivity contribution in [2.45, 2.75) is 38.0 Å². The van der Waals surface area contributed by atoms with Crippen molar-refractivity contribution in [3.05, 3.63) is 77.5 Å². The lowest BCUT2D eigenvalue weighted by Crippen LogP contribution is -2.55. The fourth-order valence-corrected chi connectivity index (χ4v) is 5.09. The molecule has 0 N–H and O–H groups in total. The van der Waals surface area contributed by atoms with Crippen LogP contribution in [0.2, 0.25) is 0 Å². The molecule has 1 saturated heterocycles. The molecule has 0 saturated carbocycles. The van der Waals surface area contributed by atoms with Crippen LogP contribution in [-0.2, 0) is 11.3 Å². The Bertz CT molecular complexity index is 876. The number of anilines is 1. The van der Waals surface area contributed by atoms with Gasteiger partial charge in [0.2, 0.25) is 0 Å². The molecule has 4 rings (SSSR count). The van der Waals surface area contributed by atoms with E-state index in [0.29, 0.717) is 6.54 Å². The molecule has 2 aliphatic heterocycles. The average molecular weight is 399 g/mol. The van der Waals surface area contributed by atoms with E-state index in [9.17, 15) is 9.18 Å². The Kier molecular flexibility index (Phi) is 5.31. The maximum Gasteiger partial charge on any atom is 0.410 e. The third-order valence-corrected chi connectivity index (χ3v) is 6.44. The second kappa shape index (κ2) is 7.87. The zero-order valence-corrected chi connectivity index (χ0v) is 16.6. The number of rotatable bonds is 3. The van der Waals surface area contributed by atoms with Crippen LogP contribution in [0.3, 0.4) is 0 Å². The first-order valence-electron chi connectivity index (χ1n) is 9.45. The maximum atomic E-state index is 13.7. The van der Waals surface area contributed by atoms with E-state index in [-0.39, 0.29) is 30.1 Å². The minimum absolute atomic E-state index is 0.0245. The Morgan fingerprint density at radius 2 is 2.07 bits per heavy atom. The lowest BCUT2D eigenvalue weighted by Gasteiger charge is -2.47. The predicted molar refractivity (Wildman–Crippen MR) is 110 cm³/mol. The van der Waals surface area contributed by atoms with Crippen LogP contribution in [0, 0.1) is 5.82 Å². The number of carbonyl (C=O) groups excluding carboxylic acids is 1. The molecule has 0 aliphatic carbocycles. The molecular formula is C22H23FN2O2S. The summed E-state index contributed by atoms with van der Waals surface area (Å²) in [5, 5.41) is 2.06. The summed E-state index contributed by atoms with van der Waals surface area (Å²) < 4.78 is 21.4. The third-order valence-electron chi connectivity index (χ3n) is 5.40. The Balaban J connectivity index is 1.42. The Hall–Kier alpha value is -2.47. The summed E-state index contributed by atoms with van der Waals surface area (Å²) in [5.74, 6) is -0.241. The molecular weight excluding hydrogens is 375 g/mol. The summed E-state index contributed by atoms with van der Waals surface area (Å²) in [6.07, 6.45) is 3.45. The summed E-state index contributed by atoms with van der Waals surface area (Å²) in [6.45, 7) is 2.93. The molecule has 2 aromatic carbocycles. The minimum atomic E-state index is -0.280. The Morgan fingerprint density at radius 1 is 1.25 bits per heavy atom. The van der Waals surface area contributed by atoms with Gasteiger partial charge in [-0.3, -0.25) is 0 Å². The molecule has 28 heavy (non-hydrogen) atoms. The number of piperidine rings is 1. The number of likely N-dealkylation sites (tertiary alicyclic amines) is 1. The van der Waals surface area contributed by atoms with Crippen LogP contribution in [0.15, 0.2) is 66.1 Å². The summed E-state index contributed by atoms with van der Waals surface area (Å²) in [7, 11) is 0. The predicted octanol–water partition coefficient (Wildman–Crippen LogP) is 5.37. The summed E-state index contributed by atoms with van der Waals surface area (Å²) in [6, 6.07) is 16.4. The molecule has 6 heteroatoms. The first-order valence-corrected chi connectivity index (χ1v) is 10.3. The van der Waals surface area contributed by atoms with Crippen LogP contribution in [-0.4, -0.2) is 29.1 Å². The van der Waals surface area contributed by atoms with Crippen molar-refractivity contribution >= 4 is 23.7 Å². The highest BCUT2D eigenvalue weighted by Gasteiger charge is 2.45. The van der Waals surface area contributed by atoms with Crippen LogP contribution in [0.25, 0.3) is 0 Å². The Morgan fingerprint density at radius 3 is 2.82 bits per heavy atom. The number of amides is 1. The highest BCUT2D eigenvalue weighted by Crippen LogP contribution is 2.46. The van der Waals surface area contributed by atoms with Crippen LogP contribution < -0.4 is 4.31 Å². The van der Waals surface area contributed by atoms with Gasteiger partial charge in [-0.25, -0.2) is 9.18 Å². The molecule has 2 atom stereocenters. The maximum absolute atomic E-state index is 13.7. The zero-order chi connectivity index (χ0) is 19.6. The first-order chi connectivity index (χ1) is 13.6. The number of ether oxygens (including phenoxy) is 1. The molecule has 146 valence electrons. The van der Waals surface area contributed by atoms with Crippen LogP contribution >= 0.6 is 11.9 Å². The van der Waals surface area contributed by atoms with Crippen LogP contribution in [0.5, 0.6) is 0 Å². The summed E-state index contributed by atoms with van der Waals surface area (Å²) in [4.78, 5) is 14.4. The van der Waals surface area contributed by atoms with Crippen molar-refractivity contribution in [2.24, 2.45) is 0 Å². The normalized spacial score (nSPS) is 24.0. The standard InChI is InChI=1S/C22H23FN2O2S/c1-17-15-22(11-13-28-25(22)20-9-5-8-19(23)14-20)10-12-24(17)21(26)27-16-18-6-3-2-4-7-18/h2-9,11,13-14,17H,10,12,15-16H2,1H3/t17-,22-/m0/s1. The number of hydrogen-bond acceptors (Lipinski definition) is 4. The van der Waals surface area contributed by atoms with Crippen molar-refractivity contribution in [3.8, 4) is 0 Å². The van der Waals surface area contributed by atoms with Gasteiger partial charge in [0, 0.05) is 12.6 Å². The molecule has 1 amide bonds. The molecule has 1 fully saturated rings. The number of nitrogens with zero attached hydrogens (tertiary/aromatic N) is 2. The van der Waals surface area contributed by atoms with Gasteiger partial charge in [-0.1, -0.05) is 36.4 Å². The molecule has 2 aromatic rings. The topological polar surface area (TPSA) is 32.8 Å². The molecule has 0 radical (unpaired) electrons. The van der Waals surface area contributed by atoms with E-state index in [1.165, 1.54) is 6.07 Å². The highest BCUT2D eigenvalue weighted by molar-refractivity contribution is 8.03. The van der Waals surface area contributed by atoms with Crippen molar-refractivity contribution in [2.75, 3.05) is 10.8 Å². The van der Waals surface area contributed by atoms with E-state index in [1.54, 1.807) is 29.0 Å². The van der Waals surface area contributed by atoms with Gasteiger partial charge < -0.3 is 13.9 Å². The first kappa shape index (κ1) is 18.9. The molecule has 0 aromatic heterocycles. The van der Waals surface area contributed by atoms with Gasteiger partial charge in [0.1, 0.15) is 12.4 Å². The Labute approximate surface area is 169 Å². The van der Waals surface area contributed by atoms with Crippen LogP contribution in [0.4, 0.5) is 14.9 Å². The second-order valence-electron chi connectivity index (χ2n) is 7.32. The van der Waals surface area contributed by atoms with Gasteiger partial charge in [0.05, 0.1) is 11.2 Å². The van der Waals surface area contributed by atoms with E-state index >= 15 is 0 Å². The minimum Gasteiger partial charge on any atom is -0.445 e. The van der Waals surface area contributed by atoms with Gasteiger partial charge in [-0.05, 0) is 67.0 Å². The van der Waals surface area contributed by atoms with E-state index in [2.05, 4.69) is 15.8 Å². The molecule has 1 spiro atoms. The van der Waals surface area contributed by atoms with Gasteiger partial charge in [-0.2, -0.15) is 0 Å².